The maximum Gasteiger partial charge on any atom is 0.0620 e. The molecule has 1 aromatic carbocycles. The molecule has 1 aliphatic heterocycles. The van der Waals surface area contributed by atoms with Crippen LogP contribution in [0.5, 0.6) is 0 Å². The molecular weight excluding hydrogens is 174 g/mol. The van der Waals surface area contributed by atoms with Crippen molar-refractivity contribution in [2.24, 2.45) is 0 Å². The first kappa shape index (κ1) is 9.44. The SMILES string of the molecule is OC[C@H]1C=CC[C@@H](c2ccccc2)N1. The molecule has 2 heteroatoms. The molecule has 0 spiro atoms. The molecule has 0 radical (unpaired) electrons. The van der Waals surface area contributed by atoms with E-state index in [0.29, 0.717) is 6.04 Å². The van der Waals surface area contributed by atoms with Crippen LogP contribution in [0.4, 0.5) is 0 Å². The van der Waals surface area contributed by atoms with E-state index >= 15 is 0 Å². The van der Waals surface area contributed by atoms with Gasteiger partial charge in [0.25, 0.3) is 0 Å². The van der Waals surface area contributed by atoms with Crippen LogP contribution in [0, 0.1) is 0 Å². The first-order chi connectivity index (χ1) is 6.90. The van der Waals surface area contributed by atoms with Gasteiger partial charge in [0.2, 0.25) is 0 Å². The molecule has 14 heavy (non-hydrogen) atoms. The van der Waals surface area contributed by atoms with Crippen molar-refractivity contribution in [2.45, 2.75) is 18.5 Å². The van der Waals surface area contributed by atoms with E-state index in [4.69, 9.17) is 5.11 Å². The second-order valence-electron chi connectivity index (χ2n) is 3.58. The molecule has 1 aliphatic rings. The summed E-state index contributed by atoms with van der Waals surface area (Å²) in [6.45, 7) is 0.167. The fourth-order valence-corrected chi connectivity index (χ4v) is 1.79. The smallest absolute Gasteiger partial charge is 0.0620 e. The van der Waals surface area contributed by atoms with E-state index in [1.807, 2.05) is 24.3 Å². The third-order valence-electron chi connectivity index (χ3n) is 2.55. The summed E-state index contributed by atoms with van der Waals surface area (Å²) in [4.78, 5) is 0. The van der Waals surface area contributed by atoms with Crippen LogP contribution in [0.2, 0.25) is 0 Å². The van der Waals surface area contributed by atoms with E-state index in [-0.39, 0.29) is 12.6 Å². The van der Waals surface area contributed by atoms with Gasteiger partial charge in [0.15, 0.2) is 0 Å². The van der Waals surface area contributed by atoms with Crippen LogP contribution in [0.1, 0.15) is 18.0 Å². The maximum absolute atomic E-state index is 9.04. The molecule has 0 aromatic heterocycles. The lowest BCUT2D eigenvalue weighted by atomic mass is 9.99. The summed E-state index contributed by atoms with van der Waals surface area (Å²) in [6, 6.07) is 10.8. The summed E-state index contributed by atoms with van der Waals surface area (Å²) in [5.74, 6) is 0. The molecular formula is C12H15NO. The zero-order chi connectivity index (χ0) is 9.80. The molecule has 1 heterocycles. The van der Waals surface area contributed by atoms with Crippen molar-refractivity contribution in [3.05, 3.63) is 48.0 Å². The molecule has 2 N–H and O–H groups in total. The van der Waals surface area contributed by atoms with Gasteiger partial charge >= 0.3 is 0 Å². The highest BCUT2D eigenvalue weighted by molar-refractivity contribution is 5.21. The highest BCUT2D eigenvalue weighted by Crippen LogP contribution is 2.20. The van der Waals surface area contributed by atoms with Crippen molar-refractivity contribution in [1.29, 1.82) is 0 Å². The van der Waals surface area contributed by atoms with Crippen LogP contribution in [0.3, 0.4) is 0 Å². The Bertz CT molecular complexity index is 307. The number of rotatable bonds is 2. The molecule has 0 amide bonds. The van der Waals surface area contributed by atoms with Crippen LogP contribution in [-0.2, 0) is 0 Å². The standard InChI is InChI=1S/C12H15NO/c14-9-11-7-4-8-12(13-11)10-5-2-1-3-6-10/h1-7,11-14H,8-9H2/t11-,12+/m1/s1. The average molecular weight is 189 g/mol. The molecule has 2 rings (SSSR count). The highest BCUT2D eigenvalue weighted by atomic mass is 16.3. The second-order valence-corrected chi connectivity index (χ2v) is 3.58. The molecule has 74 valence electrons. The Morgan fingerprint density at radius 3 is 2.79 bits per heavy atom. The predicted octanol–water partition coefficient (Wildman–Crippen LogP) is 1.64. The number of aliphatic hydroxyl groups is 1. The molecule has 0 bridgehead atoms. The zero-order valence-corrected chi connectivity index (χ0v) is 8.06. The van der Waals surface area contributed by atoms with Crippen molar-refractivity contribution in [3.8, 4) is 0 Å². The van der Waals surface area contributed by atoms with E-state index in [9.17, 15) is 0 Å². The van der Waals surface area contributed by atoms with Crippen molar-refractivity contribution in [2.75, 3.05) is 6.61 Å². The number of benzene rings is 1. The Labute approximate surface area is 84.3 Å². The number of hydrogen-bond acceptors (Lipinski definition) is 2. The fraction of sp³-hybridized carbons (Fsp3) is 0.333. The minimum Gasteiger partial charge on any atom is -0.394 e. The lowest BCUT2D eigenvalue weighted by Gasteiger charge is -2.26. The van der Waals surface area contributed by atoms with Crippen LogP contribution in [0.25, 0.3) is 0 Å². The summed E-state index contributed by atoms with van der Waals surface area (Å²) in [5.41, 5.74) is 1.29. The van der Waals surface area contributed by atoms with Gasteiger partial charge in [0, 0.05) is 12.1 Å². The van der Waals surface area contributed by atoms with Crippen LogP contribution >= 0.6 is 0 Å². The lowest BCUT2D eigenvalue weighted by molar-refractivity contribution is 0.250. The summed E-state index contributed by atoms with van der Waals surface area (Å²) in [7, 11) is 0. The topological polar surface area (TPSA) is 32.3 Å². The van der Waals surface area contributed by atoms with E-state index in [0.717, 1.165) is 6.42 Å². The minimum atomic E-state index is 0.106. The molecule has 2 atom stereocenters. The molecule has 0 aliphatic carbocycles. The van der Waals surface area contributed by atoms with Crippen LogP contribution in [-0.4, -0.2) is 17.8 Å². The Balaban J connectivity index is 2.10. The third-order valence-corrected chi connectivity index (χ3v) is 2.55. The van der Waals surface area contributed by atoms with Gasteiger partial charge in [-0.15, -0.1) is 0 Å². The van der Waals surface area contributed by atoms with Gasteiger partial charge in [-0.25, -0.2) is 0 Å². The summed E-state index contributed by atoms with van der Waals surface area (Å²) < 4.78 is 0. The molecule has 0 fully saturated rings. The molecule has 0 unspecified atom stereocenters. The van der Waals surface area contributed by atoms with Crippen molar-refractivity contribution < 1.29 is 5.11 Å². The molecule has 0 saturated carbocycles. The van der Waals surface area contributed by atoms with Crippen molar-refractivity contribution in [3.63, 3.8) is 0 Å². The molecule has 2 nitrogen and oxygen atoms in total. The largest absolute Gasteiger partial charge is 0.394 e. The quantitative estimate of drug-likeness (QED) is 0.693. The normalized spacial score (nSPS) is 26.4. The van der Waals surface area contributed by atoms with Crippen molar-refractivity contribution >= 4 is 0 Å². The fourth-order valence-electron chi connectivity index (χ4n) is 1.79. The third kappa shape index (κ3) is 2.03. The maximum atomic E-state index is 9.04. The first-order valence-electron chi connectivity index (χ1n) is 4.98. The predicted molar refractivity (Wildman–Crippen MR) is 56.9 cm³/mol. The Morgan fingerprint density at radius 2 is 2.07 bits per heavy atom. The number of aliphatic hydroxyl groups excluding tert-OH is 1. The number of hydrogen-bond donors (Lipinski definition) is 2. The van der Waals surface area contributed by atoms with E-state index in [2.05, 4.69) is 23.5 Å². The monoisotopic (exact) mass is 189 g/mol. The minimum absolute atomic E-state index is 0.106. The lowest BCUT2D eigenvalue weighted by Crippen LogP contribution is -2.36. The van der Waals surface area contributed by atoms with Gasteiger partial charge in [-0.3, -0.25) is 0 Å². The van der Waals surface area contributed by atoms with Crippen LogP contribution in [0.15, 0.2) is 42.5 Å². The first-order valence-corrected chi connectivity index (χ1v) is 4.98. The van der Waals surface area contributed by atoms with Gasteiger partial charge < -0.3 is 10.4 Å². The van der Waals surface area contributed by atoms with Gasteiger partial charge in [0.05, 0.1) is 6.61 Å². The van der Waals surface area contributed by atoms with Gasteiger partial charge in [0.1, 0.15) is 0 Å². The summed E-state index contributed by atoms with van der Waals surface area (Å²) in [6.07, 6.45) is 5.16. The zero-order valence-electron chi connectivity index (χ0n) is 8.06. The molecule has 1 aromatic rings. The van der Waals surface area contributed by atoms with Crippen molar-refractivity contribution in [1.82, 2.24) is 5.32 Å². The average Bonchev–Trinajstić information content (AvgIpc) is 2.30. The summed E-state index contributed by atoms with van der Waals surface area (Å²) >= 11 is 0. The Kier molecular flexibility index (Phi) is 2.96. The van der Waals surface area contributed by atoms with E-state index < -0.39 is 0 Å². The summed E-state index contributed by atoms with van der Waals surface area (Å²) in [5, 5.41) is 12.4. The Hall–Kier alpha value is -1.12. The van der Waals surface area contributed by atoms with Gasteiger partial charge in [-0.05, 0) is 12.0 Å². The highest BCUT2D eigenvalue weighted by Gasteiger charge is 2.16. The second kappa shape index (κ2) is 4.40. The number of nitrogens with one attached hydrogen (secondary N) is 1. The van der Waals surface area contributed by atoms with Gasteiger partial charge in [-0.2, -0.15) is 0 Å². The van der Waals surface area contributed by atoms with Crippen LogP contribution < -0.4 is 5.32 Å². The van der Waals surface area contributed by atoms with E-state index in [1.54, 1.807) is 0 Å². The molecule has 0 saturated heterocycles. The van der Waals surface area contributed by atoms with Gasteiger partial charge in [-0.1, -0.05) is 42.5 Å². The Morgan fingerprint density at radius 1 is 1.29 bits per heavy atom. The van der Waals surface area contributed by atoms with E-state index in [1.165, 1.54) is 5.56 Å².